The van der Waals surface area contributed by atoms with Gasteiger partial charge in [-0.15, -0.1) is 0 Å². The maximum Gasteiger partial charge on any atom is 0.119 e. The molecule has 1 heterocycles. The van der Waals surface area contributed by atoms with Crippen molar-refractivity contribution in [1.82, 2.24) is 4.57 Å². The largest absolute Gasteiger partial charge is 0.494 e. The van der Waals surface area contributed by atoms with Crippen LogP contribution < -0.4 is 9.47 Å². The number of benzene rings is 4. The van der Waals surface area contributed by atoms with E-state index >= 15 is 0 Å². The number of unbranched alkanes of at least 4 members (excludes halogenated alkanes) is 2. The van der Waals surface area contributed by atoms with E-state index in [9.17, 15) is 0 Å². The molecule has 0 bridgehead atoms. The fourth-order valence-corrected chi connectivity index (χ4v) is 5.16. The van der Waals surface area contributed by atoms with Crippen LogP contribution >= 0.6 is 0 Å². The first kappa shape index (κ1) is 30.7. The van der Waals surface area contributed by atoms with Gasteiger partial charge < -0.3 is 14.0 Å². The molecule has 0 saturated carbocycles. The second kappa shape index (κ2) is 15.7. The Kier molecular flexibility index (Phi) is 11.7. The van der Waals surface area contributed by atoms with Crippen LogP contribution in [0, 0.1) is 6.92 Å². The second-order valence-electron chi connectivity index (χ2n) is 10.5. The maximum atomic E-state index is 6.20. The molecule has 0 aliphatic carbocycles. The molecule has 4 heteroatoms. The van der Waals surface area contributed by atoms with Gasteiger partial charge in [0, 0.05) is 47.4 Å². The third kappa shape index (κ3) is 8.87. The molecule has 5 aromatic rings. The van der Waals surface area contributed by atoms with Gasteiger partial charge >= 0.3 is 0 Å². The van der Waals surface area contributed by atoms with Crippen molar-refractivity contribution in [3.05, 3.63) is 138 Å². The van der Waals surface area contributed by atoms with Gasteiger partial charge in [0.25, 0.3) is 0 Å². The molecule has 0 aliphatic rings. The van der Waals surface area contributed by atoms with Gasteiger partial charge in [-0.2, -0.15) is 0 Å². The van der Waals surface area contributed by atoms with Crippen LogP contribution in [0.3, 0.4) is 0 Å². The molecule has 0 unspecified atom stereocenters. The van der Waals surface area contributed by atoms with Crippen LogP contribution in [0.15, 0.2) is 121 Å². The summed E-state index contributed by atoms with van der Waals surface area (Å²) in [6.45, 7) is 5.02. The molecule has 0 aliphatic heterocycles. The minimum Gasteiger partial charge on any atom is -0.494 e. The monoisotopic (exact) mass is 552 g/mol. The smallest absolute Gasteiger partial charge is 0.119 e. The van der Waals surface area contributed by atoms with Crippen molar-refractivity contribution in [3.8, 4) is 28.4 Å². The molecule has 1 radical (unpaired) electrons. The number of nitrogens with zero attached hydrogens (tertiary/aromatic N) is 1. The topological polar surface area (TPSA) is 23.4 Å². The minimum absolute atomic E-state index is 0. The Bertz CT molecular complexity index is 1450. The molecule has 0 spiro atoms. The van der Waals surface area contributed by atoms with Gasteiger partial charge in [0.05, 0.1) is 18.4 Å². The van der Waals surface area contributed by atoms with E-state index in [1.165, 1.54) is 29.7 Å². The van der Waals surface area contributed by atoms with E-state index in [0.29, 0.717) is 0 Å². The fraction of sp³-hybridized carbons (Fsp3) is 0.243. The molecule has 1 aromatic heterocycles. The van der Waals surface area contributed by atoms with Crippen LogP contribution in [0.1, 0.15) is 43.0 Å². The van der Waals surface area contributed by atoms with Gasteiger partial charge in [0.1, 0.15) is 11.5 Å². The third-order valence-corrected chi connectivity index (χ3v) is 7.25. The summed E-state index contributed by atoms with van der Waals surface area (Å²) in [4.78, 5) is 0. The predicted octanol–water partition coefficient (Wildman–Crippen LogP) is 8.87. The van der Waals surface area contributed by atoms with Gasteiger partial charge in [-0.25, -0.2) is 0 Å². The molecule has 0 N–H and O–H groups in total. The number of rotatable bonds is 13. The SMILES string of the molecule is Cc1ccc(-c2ccc(O[C@H](C)Cc3ccccc3)cc2)n1-c1ccc(OCCCCCc2ccccc2)cc1.[Na]. The fourth-order valence-electron chi connectivity index (χ4n) is 5.16. The summed E-state index contributed by atoms with van der Waals surface area (Å²) in [5, 5.41) is 0. The molecule has 41 heavy (non-hydrogen) atoms. The molecule has 205 valence electrons. The zero-order valence-electron chi connectivity index (χ0n) is 24.6. The number of aromatic nitrogens is 1. The molecular weight excluding hydrogens is 513 g/mol. The second-order valence-corrected chi connectivity index (χ2v) is 10.5. The first-order chi connectivity index (χ1) is 19.7. The Morgan fingerprint density at radius 2 is 1.27 bits per heavy atom. The van der Waals surface area contributed by atoms with Crippen molar-refractivity contribution in [1.29, 1.82) is 0 Å². The zero-order chi connectivity index (χ0) is 27.6. The third-order valence-electron chi connectivity index (χ3n) is 7.25. The van der Waals surface area contributed by atoms with E-state index in [-0.39, 0.29) is 35.7 Å². The van der Waals surface area contributed by atoms with Crippen molar-refractivity contribution in [2.24, 2.45) is 0 Å². The normalized spacial score (nSPS) is 11.5. The maximum absolute atomic E-state index is 6.20. The average molecular weight is 553 g/mol. The quantitative estimate of drug-likeness (QED) is 0.108. The van der Waals surface area contributed by atoms with Crippen molar-refractivity contribution < 1.29 is 9.47 Å². The van der Waals surface area contributed by atoms with Crippen LogP contribution in [-0.2, 0) is 12.8 Å². The first-order valence-corrected chi connectivity index (χ1v) is 14.4. The summed E-state index contributed by atoms with van der Waals surface area (Å²) in [5.41, 5.74) is 7.34. The Hall–Kier alpha value is -3.24. The van der Waals surface area contributed by atoms with E-state index < -0.39 is 0 Å². The number of aryl methyl sites for hydroxylation is 2. The summed E-state index contributed by atoms with van der Waals surface area (Å²) >= 11 is 0. The molecule has 0 amide bonds. The minimum atomic E-state index is 0. The van der Waals surface area contributed by atoms with E-state index in [4.69, 9.17) is 9.47 Å². The van der Waals surface area contributed by atoms with Crippen LogP contribution in [0.25, 0.3) is 16.9 Å². The summed E-state index contributed by atoms with van der Waals surface area (Å²) in [5.74, 6) is 1.81. The standard InChI is InChI=1S/C37H39NO2.Na/c1-29-17-26-37(33-18-22-36(23-19-33)40-30(2)28-32-15-8-4-9-16-32)38(29)34-20-24-35(25-21-34)39-27-11-5-10-14-31-12-6-3-7-13-31;/h3-4,6-9,12-13,15-26,30H,5,10-11,14,27-28H2,1-2H3;/t30-;/m1./s1. The van der Waals surface area contributed by atoms with E-state index in [1.807, 2.05) is 6.07 Å². The average Bonchev–Trinajstić information content (AvgIpc) is 3.37. The molecule has 4 aromatic carbocycles. The van der Waals surface area contributed by atoms with E-state index in [2.05, 4.69) is 134 Å². The Labute approximate surface area is 267 Å². The van der Waals surface area contributed by atoms with Crippen molar-refractivity contribution in [2.75, 3.05) is 6.61 Å². The summed E-state index contributed by atoms with van der Waals surface area (Å²) < 4.78 is 14.5. The number of hydrogen-bond acceptors (Lipinski definition) is 2. The molecule has 5 rings (SSSR count). The molecule has 1 atom stereocenters. The van der Waals surface area contributed by atoms with Crippen molar-refractivity contribution in [3.63, 3.8) is 0 Å². The Morgan fingerprint density at radius 1 is 0.634 bits per heavy atom. The molecule has 3 nitrogen and oxygen atoms in total. The van der Waals surface area contributed by atoms with Crippen LogP contribution in [0.5, 0.6) is 11.5 Å². The van der Waals surface area contributed by atoms with Gasteiger partial charge in [0.15, 0.2) is 0 Å². The van der Waals surface area contributed by atoms with Gasteiger partial charge in [0.2, 0.25) is 0 Å². The number of ether oxygens (including phenoxy) is 2. The van der Waals surface area contributed by atoms with Gasteiger partial charge in [-0.3, -0.25) is 0 Å². The van der Waals surface area contributed by atoms with Gasteiger partial charge in [-0.1, -0.05) is 60.7 Å². The van der Waals surface area contributed by atoms with Crippen LogP contribution in [0.2, 0.25) is 0 Å². The summed E-state index contributed by atoms with van der Waals surface area (Å²) in [7, 11) is 0. The number of hydrogen-bond donors (Lipinski definition) is 0. The molecule has 0 fully saturated rings. The molecular formula is C37H39NNaO2. The predicted molar refractivity (Wildman–Crippen MR) is 171 cm³/mol. The van der Waals surface area contributed by atoms with E-state index in [0.717, 1.165) is 54.3 Å². The summed E-state index contributed by atoms with van der Waals surface area (Å²) in [6, 6.07) is 42.4. The molecule has 0 saturated heterocycles. The summed E-state index contributed by atoms with van der Waals surface area (Å²) in [6.07, 6.45) is 5.57. The van der Waals surface area contributed by atoms with Crippen molar-refractivity contribution >= 4 is 29.6 Å². The van der Waals surface area contributed by atoms with Crippen LogP contribution in [0.4, 0.5) is 0 Å². The van der Waals surface area contributed by atoms with Crippen LogP contribution in [-0.4, -0.2) is 46.8 Å². The zero-order valence-corrected chi connectivity index (χ0v) is 26.6. The van der Waals surface area contributed by atoms with E-state index in [1.54, 1.807) is 0 Å². The van der Waals surface area contributed by atoms with Gasteiger partial charge in [-0.05, 0) is 117 Å². The Morgan fingerprint density at radius 3 is 1.95 bits per heavy atom. The Balaban J connectivity index is 0.00000387. The first-order valence-electron chi connectivity index (χ1n) is 14.4. The van der Waals surface area contributed by atoms with Crippen molar-refractivity contribution in [2.45, 2.75) is 52.1 Å².